The predicted molar refractivity (Wildman–Crippen MR) is 133 cm³/mol. The van der Waals surface area contributed by atoms with Crippen molar-refractivity contribution < 1.29 is 19.0 Å². The minimum Gasteiger partial charge on any atom is -0.473 e. The van der Waals surface area contributed by atoms with Crippen LogP contribution in [0, 0.1) is 23.1 Å². The molecule has 4 fully saturated rings. The van der Waals surface area contributed by atoms with Crippen LogP contribution in [-0.2, 0) is 6.42 Å². The van der Waals surface area contributed by atoms with E-state index in [1.807, 2.05) is 13.0 Å². The summed E-state index contributed by atoms with van der Waals surface area (Å²) in [5, 5.41) is 22.6. The van der Waals surface area contributed by atoms with Crippen LogP contribution in [0.4, 0.5) is 14.9 Å². The monoisotopic (exact) mass is 545 g/mol. The van der Waals surface area contributed by atoms with Gasteiger partial charge in [-0.05, 0) is 73.8 Å². The van der Waals surface area contributed by atoms with Crippen LogP contribution in [0.15, 0.2) is 16.6 Å². The van der Waals surface area contributed by atoms with Crippen molar-refractivity contribution in [3.63, 3.8) is 0 Å². The Labute approximate surface area is 212 Å². The first-order valence-electron chi connectivity index (χ1n) is 12.1. The summed E-state index contributed by atoms with van der Waals surface area (Å²) in [4.78, 5) is 19.9. The van der Waals surface area contributed by atoms with E-state index >= 15 is 4.39 Å². The normalized spacial score (nSPS) is 26.4. The van der Waals surface area contributed by atoms with E-state index in [0.29, 0.717) is 40.0 Å². The van der Waals surface area contributed by atoms with Gasteiger partial charge in [0.2, 0.25) is 5.88 Å². The van der Waals surface area contributed by atoms with E-state index in [1.54, 1.807) is 6.07 Å². The van der Waals surface area contributed by atoms with E-state index in [1.165, 1.54) is 4.90 Å². The number of hydrogen-bond donors (Lipinski definition) is 2. The molecule has 2 aromatic rings. The van der Waals surface area contributed by atoms with Crippen molar-refractivity contribution in [1.29, 1.82) is 5.26 Å². The summed E-state index contributed by atoms with van der Waals surface area (Å²) in [6.45, 7) is 3.54. The van der Waals surface area contributed by atoms with Gasteiger partial charge in [0, 0.05) is 42.1 Å². The summed E-state index contributed by atoms with van der Waals surface area (Å²) in [6.07, 6.45) is 2.63. The third kappa shape index (κ3) is 4.29. The predicted octanol–water partition coefficient (Wildman–Crippen LogP) is 4.62. The average molecular weight is 546 g/mol. The number of nitrogens with zero attached hydrogens (tertiary/aromatic N) is 4. The molecule has 3 unspecified atom stereocenters. The molecule has 8 nitrogen and oxygen atoms in total. The van der Waals surface area contributed by atoms with Gasteiger partial charge >= 0.3 is 6.09 Å². The van der Waals surface area contributed by atoms with Crippen LogP contribution >= 0.6 is 15.9 Å². The Morgan fingerprint density at radius 1 is 1.49 bits per heavy atom. The third-order valence-corrected chi connectivity index (χ3v) is 8.69. The molecule has 1 aromatic heterocycles. The van der Waals surface area contributed by atoms with E-state index in [0.717, 1.165) is 25.8 Å². The average Bonchev–Trinajstić information content (AvgIpc) is 3.54. The summed E-state index contributed by atoms with van der Waals surface area (Å²) < 4.78 is 22.1. The van der Waals surface area contributed by atoms with Crippen molar-refractivity contribution in [2.75, 3.05) is 25.5 Å². The van der Waals surface area contributed by atoms with Gasteiger partial charge in [-0.3, -0.25) is 4.90 Å². The maximum absolute atomic E-state index is 15.5. The summed E-state index contributed by atoms with van der Waals surface area (Å²) in [7, 11) is 2.08. The maximum Gasteiger partial charge on any atom is 0.407 e. The molecule has 186 valence electrons. The molecule has 3 aliphatic heterocycles. The van der Waals surface area contributed by atoms with E-state index in [9.17, 15) is 9.90 Å². The van der Waals surface area contributed by atoms with Crippen molar-refractivity contribution in [2.45, 2.75) is 63.3 Å². The number of nitrogens with one attached hydrogen (secondary N) is 1. The second-order valence-corrected chi connectivity index (χ2v) is 10.7. The van der Waals surface area contributed by atoms with Crippen molar-refractivity contribution in [2.24, 2.45) is 5.92 Å². The lowest BCUT2D eigenvalue weighted by molar-refractivity contribution is 0.117. The fourth-order valence-electron chi connectivity index (χ4n) is 5.91. The van der Waals surface area contributed by atoms with Gasteiger partial charge in [0.25, 0.3) is 0 Å². The lowest BCUT2D eigenvalue weighted by Gasteiger charge is -2.37. The number of benzene rings is 1. The summed E-state index contributed by atoms with van der Waals surface area (Å²) in [5.41, 5.74) is 1.56. The summed E-state index contributed by atoms with van der Waals surface area (Å²) in [5.74, 6) is 0.0663. The summed E-state index contributed by atoms with van der Waals surface area (Å²) in [6, 6.07) is 5.90. The van der Waals surface area contributed by atoms with E-state index < -0.39 is 11.9 Å². The second-order valence-electron chi connectivity index (χ2n) is 9.91. The van der Waals surface area contributed by atoms with Crippen LogP contribution in [-0.4, -0.2) is 70.4 Å². The van der Waals surface area contributed by atoms with Crippen LogP contribution in [0.5, 0.6) is 5.88 Å². The molecule has 4 heterocycles. The molecule has 1 aliphatic carbocycles. The van der Waals surface area contributed by atoms with Crippen molar-refractivity contribution in [1.82, 2.24) is 14.8 Å². The number of pyridine rings is 1. The lowest BCUT2D eigenvalue weighted by Crippen LogP contribution is -2.49. The van der Waals surface area contributed by atoms with Crippen molar-refractivity contribution in [3.8, 4) is 11.9 Å². The SMILES string of the molecule is C[C@H](Oc1cc(NC2C3CC2N(C(=O)O)C3)c2cc(CCC#N)c(Br)c(F)c2n1)[C@@H]1CCCN1C. The number of amides is 1. The fraction of sp³-hybridized carbons (Fsp3) is 0.560. The Kier molecular flexibility index (Phi) is 6.49. The standard InChI is InChI=1S/C25H29BrFN5O3/c1-13(18-6-4-8-31(18)2)35-20-11-17(29-23-15-10-19(23)32(12-15)25(33)34)16-9-14(5-3-7-28)21(26)22(27)24(16)30-20/h9,11,13,15,18-19,23H,3-6,8,10,12H2,1-2H3,(H,29,30)(H,33,34)/t13-,15?,18-,19?,23?/m0/s1. The topological polar surface area (TPSA) is 102 Å². The van der Waals surface area contributed by atoms with E-state index in [-0.39, 0.29) is 42.1 Å². The van der Waals surface area contributed by atoms with E-state index in [2.05, 4.69) is 44.2 Å². The molecule has 5 atom stereocenters. The lowest BCUT2D eigenvalue weighted by atomic mass is 9.80. The zero-order valence-electron chi connectivity index (χ0n) is 19.8. The summed E-state index contributed by atoms with van der Waals surface area (Å²) >= 11 is 3.36. The molecule has 6 rings (SSSR count). The number of fused-ring (bicyclic) bond motifs is 2. The van der Waals surface area contributed by atoms with Crippen molar-refractivity contribution >= 4 is 38.6 Å². The van der Waals surface area contributed by atoms with Crippen molar-refractivity contribution in [3.05, 3.63) is 28.0 Å². The highest BCUT2D eigenvalue weighted by molar-refractivity contribution is 9.10. The molecule has 0 spiro atoms. The molecule has 1 aromatic carbocycles. The molecular weight excluding hydrogens is 517 g/mol. The minimum absolute atomic E-state index is 0.0443. The Bertz CT molecular complexity index is 1200. The smallest absolute Gasteiger partial charge is 0.407 e. The fourth-order valence-corrected chi connectivity index (χ4v) is 6.41. The quantitative estimate of drug-likeness (QED) is 0.523. The van der Waals surface area contributed by atoms with Gasteiger partial charge in [-0.25, -0.2) is 14.2 Å². The van der Waals surface area contributed by atoms with Gasteiger partial charge in [0.15, 0.2) is 5.82 Å². The third-order valence-electron chi connectivity index (χ3n) is 7.83. The number of nitriles is 1. The molecule has 0 radical (unpaired) electrons. The molecule has 4 aliphatic rings. The molecule has 1 saturated carbocycles. The van der Waals surface area contributed by atoms with Gasteiger partial charge in [0.1, 0.15) is 11.6 Å². The number of aryl methyl sites for hydroxylation is 1. The molecular formula is C25H29BrFN5O3. The minimum atomic E-state index is -0.909. The second kappa shape index (κ2) is 9.43. The van der Waals surface area contributed by atoms with Crippen LogP contribution in [0.3, 0.4) is 0 Å². The Hall–Kier alpha value is -2.64. The van der Waals surface area contributed by atoms with Crippen LogP contribution in [0.1, 0.15) is 38.2 Å². The molecule has 2 N–H and O–H groups in total. The Morgan fingerprint density at radius 3 is 2.94 bits per heavy atom. The molecule has 2 bridgehead atoms. The van der Waals surface area contributed by atoms with Crippen LogP contribution in [0.25, 0.3) is 10.9 Å². The highest BCUT2D eigenvalue weighted by atomic mass is 79.9. The number of carboxylic acid groups (broad SMARTS) is 1. The largest absolute Gasteiger partial charge is 0.473 e. The van der Waals surface area contributed by atoms with Gasteiger partial charge in [-0.15, -0.1) is 0 Å². The van der Waals surface area contributed by atoms with Gasteiger partial charge < -0.3 is 20.1 Å². The highest BCUT2D eigenvalue weighted by Crippen LogP contribution is 2.44. The first-order valence-corrected chi connectivity index (χ1v) is 12.9. The van der Waals surface area contributed by atoms with Crippen LogP contribution < -0.4 is 10.1 Å². The zero-order chi connectivity index (χ0) is 24.9. The Morgan fingerprint density at radius 2 is 2.29 bits per heavy atom. The first kappa shape index (κ1) is 24.1. The number of rotatable bonds is 7. The first-order chi connectivity index (χ1) is 16.8. The maximum atomic E-state index is 15.5. The zero-order valence-corrected chi connectivity index (χ0v) is 21.4. The Balaban J connectivity index is 1.52. The number of aromatic nitrogens is 1. The number of halogens is 2. The number of likely N-dealkylation sites (N-methyl/N-ethyl adjacent to an activating group) is 1. The van der Waals surface area contributed by atoms with Gasteiger partial charge in [0.05, 0.1) is 22.6 Å². The molecule has 1 amide bonds. The van der Waals surface area contributed by atoms with Gasteiger partial charge in [-0.1, -0.05) is 0 Å². The number of carbonyl (C=O) groups is 1. The number of likely N-dealkylation sites (tertiary alicyclic amines) is 1. The molecule has 3 saturated heterocycles. The van der Waals surface area contributed by atoms with E-state index in [4.69, 9.17) is 10.00 Å². The number of hydrogen-bond acceptors (Lipinski definition) is 6. The van der Waals surface area contributed by atoms with Gasteiger partial charge in [-0.2, -0.15) is 5.26 Å². The van der Waals surface area contributed by atoms with Crippen LogP contribution in [0.2, 0.25) is 0 Å². The number of anilines is 1. The molecule has 35 heavy (non-hydrogen) atoms. The highest BCUT2D eigenvalue weighted by Gasteiger charge is 2.54. The molecule has 10 heteroatoms. The number of ether oxygens (including phenoxy) is 1.